The molecule has 206 valence electrons. The van der Waals surface area contributed by atoms with Crippen LogP contribution in [0.2, 0.25) is 0 Å². The number of rotatable bonds is 6. The maximum atomic E-state index is 13.8. The van der Waals surface area contributed by atoms with E-state index < -0.39 is 41.9 Å². The SMILES string of the molecule is O=C(CN(C(=O)c1ccc(N2C(=O)[C@H]3CCCC[C@H]3C2=O)cc1)N1C(=O)[C@H]2CCCC[C@H]2C1=O)c1ccccc1. The zero-order valence-corrected chi connectivity index (χ0v) is 22.2. The Hall–Kier alpha value is -4.14. The average molecular weight is 542 g/mol. The van der Waals surface area contributed by atoms with Crippen LogP contribution in [0.3, 0.4) is 0 Å². The van der Waals surface area contributed by atoms with Gasteiger partial charge in [-0.25, -0.2) is 5.01 Å². The summed E-state index contributed by atoms with van der Waals surface area (Å²) < 4.78 is 0. The van der Waals surface area contributed by atoms with Crippen molar-refractivity contribution in [2.45, 2.75) is 51.4 Å². The minimum atomic E-state index is -0.677. The van der Waals surface area contributed by atoms with Crippen LogP contribution in [0.25, 0.3) is 0 Å². The molecule has 4 atom stereocenters. The Balaban J connectivity index is 1.29. The second-order valence-electron chi connectivity index (χ2n) is 11.2. The Morgan fingerprint density at radius 2 is 1.10 bits per heavy atom. The van der Waals surface area contributed by atoms with Gasteiger partial charge in [-0.05, 0) is 49.9 Å². The molecule has 2 saturated heterocycles. The Bertz CT molecular complexity index is 1340. The lowest BCUT2D eigenvalue weighted by atomic mass is 9.81. The lowest BCUT2D eigenvalue weighted by molar-refractivity contribution is -0.154. The summed E-state index contributed by atoms with van der Waals surface area (Å²) >= 11 is 0. The van der Waals surface area contributed by atoms with E-state index in [-0.39, 0.29) is 29.2 Å². The van der Waals surface area contributed by atoms with E-state index in [4.69, 9.17) is 0 Å². The number of carbonyl (C=O) groups is 6. The van der Waals surface area contributed by atoms with Gasteiger partial charge in [0.15, 0.2) is 5.78 Å². The Labute approximate surface area is 232 Å². The first kappa shape index (κ1) is 26.1. The van der Waals surface area contributed by atoms with E-state index in [1.54, 1.807) is 30.3 Å². The highest BCUT2D eigenvalue weighted by atomic mass is 16.2. The van der Waals surface area contributed by atoms with E-state index in [0.717, 1.165) is 35.7 Å². The van der Waals surface area contributed by atoms with Gasteiger partial charge >= 0.3 is 0 Å². The maximum absolute atomic E-state index is 13.8. The maximum Gasteiger partial charge on any atom is 0.273 e. The van der Waals surface area contributed by atoms with Gasteiger partial charge in [0.05, 0.1) is 29.4 Å². The number of amides is 5. The normalized spacial score (nSPS) is 26.1. The molecule has 9 nitrogen and oxygen atoms in total. The third-order valence-electron chi connectivity index (χ3n) is 8.90. The highest BCUT2D eigenvalue weighted by Gasteiger charge is 2.52. The highest BCUT2D eigenvalue weighted by molar-refractivity contribution is 6.22. The van der Waals surface area contributed by atoms with Crippen LogP contribution < -0.4 is 4.90 Å². The third kappa shape index (κ3) is 4.33. The number of ketones is 1. The number of carbonyl (C=O) groups excluding carboxylic acids is 6. The fraction of sp³-hybridized carbons (Fsp3) is 0.419. The van der Waals surface area contributed by atoms with Crippen molar-refractivity contribution in [2.24, 2.45) is 23.7 Å². The monoisotopic (exact) mass is 541 g/mol. The summed E-state index contributed by atoms with van der Waals surface area (Å²) in [6, 6.07) is 14.4. The van der Waals surface area contributed by atoms with E-state index >= 15 is 0 Å². The van der Waals surface area contributed by atoms with E-state index in [0.29, 0.717) is 36.9 Å². The fourth-order valence-corrected chi connectivity index (χ4v) is 6.79. The van der Waals surface area contributed by atoms with E-state index in [1.807, 2.05) is 0 Å². The van der Waals surface area contributed by atoms with Gasteiger partial charge in [0.25, 0.3) is 17.7 Å². The molecule has 2 saturated carbocycles. The van der Waals surface area contributed by atoms with Crippen molar-refractivity contribution in [2.75, 3.05) is 11.4 Å². The molecule has 2 aliphatic heterocycles. The molecular weight excluding hydrogens is 510 g/mol. The number of hydrogen-bond acceptors (Lipinski definition) is 6. The molecule has 2 aromatic rings. The van der Waals surface area contributed by atoms with Gasteiger partial charge in [-0.3, -0.25) is 33.7 Å². The minimum Gasteiger partial charge on any atom is -0.292 e. The Morgan fingerprint density at radius 1 is 0.625 bits per heavy atom. The second-order valence-corrected chi connectivity index (χ2v) is 11.2. The summed E-state index contributed by atoms with van der Waals surface area (Å²) in [5.74, 6) is -3.95. The molecule has 6 rings (SSSR count). The molecule has 2 heterocycles. The van der Waals surface area contributed by atoms with Crippen molar-refractivity contribution in [1.29, 1.82) is 0 Å². The lowest BCUT2D eigenvalue weighted by Crippen LogP contribution is -2.52. The highest BCUT2D eigenvalue weighted by Crippen LogP contribution is 2.41. The summed E-state index contributed by atoms with van der Waals surface area (Å²) in [6.07, 6.45) is 6.08. The number of anilines is 1. The van der Waals surface area contributed by atoms with Crippen LogP contribution in [0, 0.1) is 23.7 Å². The van der Waals surface area contributed by atoms with Gasteiger partial charge in [0.2, 0.25) is 11.8 Å². The fourth-order valence-electron chi connectivity index (χ4n) is 6.79. The Morgan fingerprint density at radius 3 is 1.60 bits per heavy atom. The number of Topliss-reactive ketones (excluding diaryl/α,β-unsaturated/α-hetero) is 1. The van der Waals surface area contributed by atoms with E-state index in [1.165, 1.54) is 29.2 Å². The standard InChI is InChI=1S/C31H31N3O6/c35-26(19-8-2-1-3-9-19)18-32(34-30(39)24-12-6-7-13-25(24)31(34)40)27(36)20-14-16-21(17-15-20)33-28(37)22-10-4-5-11-23(22)29(33)38/h1-3,8-9,14-17,22-25H,4-7,10-13,18H2/t22-,23+,24-,25+. The largest absolute Gasteiger partial charge is 0.292 e. The van der Waals surface area contributed by atoms with Gasteiger partial charge in [0.1, 0.15) is 6.54 Å². The minimum absolute atomic E-state index is 0.136. The van der Waals surface area contributed by atoms with Crippen LogP contribution in [-0.2, 0) is 19.2 Å². The molecule has 2 aliphatic carbocycles. The average Bonchev–Trinajstić information content (AvgIpc) is 3.40. The first-order valence-corrected chi connectivity index (χ1v) is 14.1. The predicted molar refractivity (Wildman–Crippen MR) is 143 cm³/mol. The number of hydrogen-bond donors (Lipinski definition) is 0. The van der Waals surface area contributed by atoms with Crippen LogP contribution in [0.1, 0.15) is 72.1 Å². The van der Waals surface area contributed by atoms with Crippen LogP contribution in [-0.4, -0.2) is 51.9 Å². The summed E-state index contributed by atoms with van der Waals surface area (Å²) in [7, 11) is 0. The quantitative estimate of drug-likeness (QED) is 0.406. The lowest BCUT2D eigenvalue weighted by Gasteiger charge is -2.30. The van der Waals surface area contributed by atoms with Crippen LogP contribution in [0.5, 0.6) is 0 Å². The van der Waals surface area contributed by atoms with Gasteiger partial charge in [-0.1, -0.05) is 56.0 Å². The van der Waals surface area contributed by atoms with Crippen LogP contribution >= 0.6 is 0 Å². The molecule has 0 spiro atoms. The van der Waals surface area contributed by atoms with Crippen molar-refractivity contribution in [3.8, 4) is 0 Å². The van der Waals surface area contributed by atoms with Crippen molar-refractivity contribution in [3.63, 3.8) is 0 Å². The number of hydrazine groups is 1. The first-order chi connectivity index (χ1) is 19.4. The molecule has 2 aromatic carbocycles. The molecule has 0 unspecified atom stereocenters. The number of benzene rings is 2. The van der Waals surface area contributed by atoms with Gasteiger partial charge in [-0.2, -0.15) is 5.01 Å². The topological polar surface area (TPSA) is 112 Å². The molecule has 0 bridgehead atoms. The van der Waals surface area contributed by atoms with Gasteiger partial charge in [0, 0.05) is 11.1 Å². The Kier molecular flexibility index (Phi) is 6.82. The van der Waals surface area contributed by atoms with Crippen molar-refractivity contribution >= 4 is 41.0 Å². The molecule has 5 amide bonds. The molecule has 40 heavy (non-hydrogen) atoms. The smallest absolute Gasteiger partial charge is 0.273 e. The number of fused-ring (bicyclic) bond motifs is 2. The summed E-state index contributed by atoms with van der Waals surface area (Å²) in [5, 5.41) is 1.85. The van der Waals surface area contributed by atoms with Gasteiger partial charge in [-0.15, -0.1) is 0 Å². The molecule has 4 fully saturated rings. The van der Waals surface area contributed by atoms with Crippen molar-refractivity contribution in [3.05, 3.63) is 65.7 Å². The molecular formula is C31H31N3O6. The molecule has 0 N–H and O–H groups in total. The first-order valence-electron chi connectivity index (χ1n) is 14.1. The molecule has 4 aliphatic rings. The zero-order valence-electron chi connectivity index (χ0n) is 22.2. The summed E-state index contributed by atoms with van der Waals surface area (Å²) in [6.45, 7) is -0.478. The third-order valence-corrected chi connectivity index (χ3v) is 8.90. The summed E-state index contributed by atoms with van der Waals surface area (Å²) in [4.78, 5) is 81.0. The number of nitrogens with zero attached hydrogens (tertiary/aromatic N) is 3. The van der Waals surface area contributed by atoms with Crippen LogP contribution in [0.15, 0.2) is 54.6 Å². The van der Waals surface area contributed by atoms with Crippen LogP contribution in [0.4, 0.5) is 5.69 Å². The second kappa shape index (κ2) is 10.4. The van der Waals surface area contributed by atoms with E-state index in [9.17, 15) is 28.8 Å². The molecule has 0 aromatic heterocycles. The molecule has 9 heteroatoms. The van der Waals surface area contributed by atoms with Gasteiger partial charge < -0.3 is 0 Å². The van der Waals surface area contributed by atoms with E-state index in [2.05, 4.69) is 0 Å². The molecule has 0 radical (unpaired) electrons. The zero-order chi connectivity index (χ0) is 28.0. The van der Waals surface area contributed by atoms with Crippen molar-refractivity contribution < 1.29 is 28.8 Å². The number of imide groups is 2. The van der Waals surface area contributed by atoms with Crippen molar-refractivity contribution in [1.82, 2.24) is 10.0 Å². The predicted octanol–water partition coefficient (Wildman–Crippen LogP) is 3.78. The summed E-state index contributed by atoms with van der Waals surface area (Å²) in [5.41, 5.74) is 0.878.